The maximum absolute atomic E-state index is 13.7. The predicted molar refractivity (Wildman–Crippen MR) is 135 cm³/mol. The molecule has 0 bridgehead atoms. The molecule has 1 N–H and O–H groups in total. The maximum Gasteiger partial charge on any atom is 0.289 e. The molecule has 1 aliphatic rings. The Morgan fingerprint density at radius 1 is 1.11 bits per heavy atom. The standard InChI is InChI=1S/C24H22N4O9S/c1-34-17-8-9-18(21(12-17)35-2)27(38(32,33)23-6-4-3-5-19(23)28(30)31)14-24(29)26-25-13-16-7-10-20-22(11-16)37-15-36-20/h3-13H,14-15H2,1-2H3,(H,26,29)/b25-13+. The van der Waals surface area contributed by atoms with E-state index in [1.165, 1.54) is 50.8 Å². The molecule has 1 amide bonds. The molecular formula is C24H22N4O9S. The zero-order valence-corrected chi connectivity index (χ0v) is 21.0. The number of benzene rings is 3. The maximum atomic E-state index is 13.7. The zero-order chi connectivity index (χ0) is 27.3. The molecule has 13 nitrogen and oxygen atoms in total. The molecule has 0 radical (unpaired) electrons. The van der Waals surface area contributed by atoms with Gasteiger partial charge in [0.05, 0.1) is 31.0 Å². The summed E-state index contributed by atoms with van der Waals surface area (Å²) in [5.41, 5.74) is 2.18. The smallest absolute Gasteiger partial charge is 0.289 e. The van der Waals surface area contributed by atoms with Crippen molar-refractivity contribution in [3.05, 3.63) is 76.3 Å². The number of anilines is 1. The minimum Gasteiger partial charge on any atom is -0.497 e. The van der Waals surface area contributed by atoms with Gasteiger partial charge in [-0.3, -0.25) is 19.2 Å². The number of methoxy groups -OCH3 is 2. The largest absolute Gasteiger partial charge is 0.497 e. The number of amides is 1. The van der Waals surface area contributed by atoms with E-state index in [4.69, 9.17) is 18.9 Å². The number of nitrogens with one attached hydrogen (secondary N) is 1. The third-order valence-electron chi connectivity index (χ3n) is 5.37. The first-order valence-corrected chi connectivity index (χ1v) is 12.4. The molecule has 4 rings (SSSR count). The molecule has 3 aromatic carbocycles. The van der Waals surface area contributed by atoms with Crippen LogP contribution in [0.3, 0.4) is 0 Å². The van der Waals surface area contributed by atoms with Crippen molar-refractivity contribution >= 4 is 33.5 Å². The Balaban J connectivity index is 1.66. The van der Waals surface area contributed by atoms with E-state index in [0.29, 0.717) is 27.1 Å². The molecule has 198 valence electrons. The van der Waals surface area contributed by atoms with Crippen molar-refractivity contribution in [1.29, 1.82) is 0 Å². The Morgan fingerprint density at radius 3 is 2.61 bits per heavy atom. The van der Waals surface area contributed by atoms with Crippen molar-refractivity contribution in [3.63, 3.8) is 0 Å². The van der Waals surface area contributed by atoms with Gasteiger partial charge >= 0.3 is 0 Å². The van der Waals surface area contributed by atoms with Gasteiger partial charge in [0.2, 0.25) is 6.79 Å². The number of para-hydroxylation sites is 1. The topological polar surface area (TPSA) is 159 Å². The molecular weight excluding hydrogens is 520 g/mol. The summed E-state index contributed by atoms with van der Waals surface area (Å²) in [5, 5.41) is 15.5. The number of carbonyl (C=O) groups excluding carboxylic acids is 1. The van der Waals surface area contributed by atoms with E-state index < -0.39 is 38.0 Å². The molecule has 3 aromatic rings. The number of ether oxygens (including phenoxy) is 4. The Bertz CT molecular complexity index is 1510. The average Bonchev–Trinajstić information content (AvgIpc) is 3.39. The summed E-state index contributed by atoms with van der Waals surface area (Å²) >= 11 is 0. The van der Waals surface area contributed by atoms with E-state index in [1.807, 2.05) is 0 Å². The van der Waals surface area contributed by atoms with Crippen molar-refractivity contribution < 1.29 is 37.1 Å². The fourth-order valence-corrected chi connectivity index (χ4v) is 5.17. The van der Waals surface area contributed by atoms with Crippen LogP contribution >= 0.6 is 0 Å². The van der Waals surface area contributed by atoms with Crippen molar-refractivity contribution in [1.82, 2.24) is 5.43 Å². The van der Waals surface area contributed by atoms with Crippen LogP contribution in [0.2, 0.25) is 0 Å². The van der Waals surface area contributed by atoms with Gasteiger partial charge in [-0.1, -0.05) is 12.1 Å². The first-order chi connectivity index (χ1) is 18.2. The lowest BCUT2D eigenvalue weighted by atomic mass is 10.2. The molecule has 0 aliphatic carbocycles. The molecule has 0 spiro atoms. The first kappa shape index (κ1) is 26.2. The van der Waals surface area contributed by atoms with Crippen LogP contribution < -0.4 is 28.7 Å². The van der Waals surface area contributed by atoms with Crippen LogP contribution in [0.5, 0.6) is 23.0 Å². The van der Waals surface area contributed by atoms with Crippen LogP contribution in [-0.2, 0) is 14.8 Å². The van der Waals surface area contributed by atoms with Crippen molar-refractivity contribution in [2.75, 3.05) is 31.9 Å². The highest BCUT2D eigenvalue weighted by Crippen LogP contribution is 2.37. The van der Waals surface area contributed by atoms with Crippen LogP contribution in [0.1, 0.15) is 5.56 Å². The molecule has 0 saturated carbocycles. The number of nitro benzene ring substituents is 1. The Hall–Kier alpha value is -4.85. The van der Waals surface area contributed by atoms with Gasteiger partial charge in [0.15, 0.2) is 16.4 Å². The van der Waals surface area contributed by atoms with Crippen molar-refractivity contribution in [2.24, 2.45) is 5.10 Å². The monoisotopic (exact) mass is 542 g/mol. The van der Waals surface area contributed by atoms with E-state index in [2.05, 4.69) is 10.5 Å². The number of hydrazone groups is 1. The second-order valence-corrected chi connectivity index (χ2v) is 9.51. The highest BCUT2D eigenvalue weighted by Gasteiger charge is 2.34. The minimum absolute atomic E-state index is 0.0404. The molecule has 0 saturated heterocycles. The molecule has 0 atom stereocenters. The summed E-state index contributed by atoms with van der Waals surface area (Å²) in [5.74, 6) is 0.709. The highest BCUT2D eigenvalue weighted by molar-refractivity contribution is 7.93. The highest BCUT2D eigenvalue weighted by atomic mass is 32.2. The van der Waals surface area contributed by atoms with Crippen molar-refractivity contribution in [3.8, 4) is 23.0 Å². The van der Waals surface area contributed by atoms with Gasteiger partial charge in [0.25, 0.3) is 21.6 Å². The number of hydrogen-bond donors (Lipinski definition) is 1. The Kier molecular flexibility index (Phi) is 7.62. The van der Waals surface area contributed by atoms with Crippen molar-refractivity contribution in [2.45, 2.75) is 4.90 Å². The third-order valence-corrected chi connectivity index (χ3v) is 7.18. The third kappa shape index (κ3) is 5.44. The van der Waals surface area contributed by atoms with E-state index in [1.54, 1.807) is 18.2 Å². The predicted octanol–water partition coefficient (Wildman–Crippen LogP) is 2.69. The summed E-state index contributed by atoms with van der Waals surface area (Å²) in [4.78, 5) is 23.0. The number of sulfonamides is 1. The minimum atomic E-state index is -4.63. The molecule has 14 heteroatoms. The van der Waals surface area contributed by atoms with Crippen LogP contribution in [-0.4, -0.2) is 53.0 Å². The molecule has 0 fully saturated rings. The quantitative estimate of drug-likeness (QED) is 0.231. The average molecular weight is 543 g/mol. The van der Waals surface area contributed by atoms with Gasteiger partial charge in [-0.25, -0.2) is 13.8 Å². The summed E-state index contributed by atoms with van der Waals surface area (Å²) in [7, 11) is -1.91. The fourth-order valence-electron chi connectivity index (χ4n) is 3.57. The molecule has 1 aliphatic heterocycles. The Labute approximate surface area is 217 Å². The summed E-state index contributed by atoms with van der Waals surface area (Å²) in [6.07, 6.45) is 1.34. The second kappa shape index (κ2) is 11.0. The molecule has 0 unspecified atom stereocenters. The summed E-state index contributed by atoms with van der Waals surface area (Å²) in [6.45, 7) is -0.666. The van der Waals surface area contributed by atoms with Gasteiger partial charge in [-0.15, -0.1) is 0 Å². The lowest BCUT2D eigenvalue weighted by molar-refractivity contribution is -0.387. The molecule has 0 aromatic heterocycles. The normalized spacial score (nSPS) is 12.3. The summed E-state index contributed by atoms with van der Waals surface area (Å²) in [6, 6.07) is 14.1. The van der Waals surface area contributed by atoms with Gasteiger partial charge in [-0.2, -0.15) is 5.10 Å². The van der Waals surface area contributed by atoms with Gasteiger partial charge in [0, 0.05) is 12.1 Å². The van der Waals surface area contributed by atoms with Gasteiger partial charge < -0.3 is 18.9 Å². The van der Waals surface area contributed by atoms with Crippen LogP contribution in [0.25, 0.3) is 0 Å². The number of hydrogen-bond acceptors (Lipinski definition) is 10. The number of fused-ring (bicyclic) bond motifs is 1. The number of nitrogens with zero attached hydrogens (tertiary/aromatic N) is 3. The lowest BCUT2D eigenvalue weighted by Gasteiger charge is -2.25. The van der Waals surface area contributed by atoms with Crippen LogP contribution in [0.4, 0.5) is 11.4 Å². The van der Waals surface area contributed by atoms with Crippen LogP contribution in [0.15, 0.2) is 70.7 Å². The van der Waals surface area contributed by atoms with E-state index in [9.17, 15) is 23.3 Å². The first-order valence-electron chi connectivity index (χ1n) is 10.9. The van der Waals surface area contributed by atoms with E-state index in [0.717, 1.165) is 12.1 Å². The molecule has 1 heterocycles. The van der Waals surface area contributed by atoms with Gasteiger partial charge in [-0.05, 0) is 42.0 Å². The second-order valence-electron chi connectivity index (χ2n) is 7.68. The summed E-state index contributed by atoms with van der Waals surface area (Å²) < 4.78 is 49.2. The van der Waals surface area contributed by atoms with E-state index in [-0.39, 0.29) is 18.2 Å². The SMILES string of the molecule is COc1ccc(N(CC(=O)N/N=C/c2ccc3c(c2)OCO3)S(=O)(=O)c2ccccc2[N+](=O)[O-])c(OC)c1. The van der Waals surface area contributed by atoms with Crippen LogP contribution in [0, 0.1) is 10.1 Å². The number of nitro groups is 1. The van der Waals surface area contributed by atoms with Gasteiger partial charge in [0.1, 0.15) is 18.0 Å². The molecule has 38 heavy (non-hydrogen) atoms. The zero-order valence-electron chi connectivity index (χ0n) is 20.2. The Morgan fingerprint density at radius 2 is 1.87 bits per heavy atom. The number of rotatable bonds is 10. The fraction of sp³-hybridized carbons (Fsp3) is 0.167. The number of carbonyl (C=O) groups is 1. The van der Waals surface area contributed by atoms with E-state index >= 15 is 0 Å². The lowest BCUT2D eigenvalue weighted by Crippen LogP contribution is -2.40.